The summed E-state index contributed by atoms with van der Waals surface area (Å²) in [4.78, 5) is 31.0. The summed E-state index contributed by atoms with van der Waals surface area (Å²) in [6.07, 6.45) is 8.04. The number of hydrogen-bond donors (Lipinski definition) is 1. The molecule has 4 heterocycles. The van der Waals surface area contributed by atoms with E-state index in [4.69, 9.17) is 9.47 Å². The van der Waals surface area contributed by atoms with Gasteiger partial charge in [0.2, 0.25) is 0 Å². The smallest absolute Gasteiger partial charge is 0.265 e. The molecule has 0 saturated carbocycles. The van der Waals surface area contributed by atoms with Crippen LogP contribution >= 0.6 is 11.3 Å². The number of ether oxygens (including phenoxy) is 2. The molecule has 0 bridgehead atoms. The fourth-order valence-corrected chi connectivity index (χ4v) is 5.42. The summed E-state index contributed by atoms with van der Waals surface area (Å²) in [5.74, 6) is 0.138. The van der Waals surface area contributed by atoms with Crippen LogP contribution in [-0.2, 0) is 18.3 Å². The number of aromatic nitrogens is 3. The number of fused-ring (bicyclic) bond motifs is 3. The number of pyridine rings is 1. The van der Waals surface area contributed by atoms with Gasteiger partial charge in [0.05, 0.1) is 22.6 Å². The van der Waals surface area contributed by atoms with E-state index in [1.807, 2.05) is 35.0 Å². The molecule has 1 amide bonds. The van der Waals surface area contributed by atoms with Crippen molar-refractivity contribution in [2.24, 2.45) is 7.05 Å². The number of nitrogens with zero attached hydrogens (tertiary/aromatic N) is 3. The second-order valence-corrected chi connectivity index (χ2v) is 9.22. The van der Waals surface area contributed by atoms with Crippen LogP contribution in [0.3, 0.4) is 0 Å². The fourth-order valence-electron chi connectivity index (χ4n) is 4.24. The van der Waals surface area contributed by atoms with E-state index in [1.165, 1.54) is 11.3 Å². The molecule has 5 rings (SSSR count). The van der Waals surface area contributed by atoms with Crippen LogP contribution in [0.25, 0.3) is 21.0 Å². The van der Waals surface area contributed by atoms with Crippen LogP contribution in [0.1, 0.15) is 28.9 Å². The van der Waals surface area contributed by atoms with Gasteiger partial charge >= 0.3 is 0 Å². The van der Waals surface area contributed by atoms with Gasteiger partial charge in [-0.3, -0.25) is 9.59 Å². The first kappa shape index (κ1) is 21.7. The normalized spacial score (nSPS) is 16.0. The summed E-state index contributed by atoms with van der Waals surface area (Å²) in [5, 5.41) is 4.38. The predicted octanol–water partition coefficient (Wildman–Crippen LogP) is 3.33. The zero-order valence-corrected chi connectivity index (χ0v) is 19.3. The van der Waals surface area contributed by atoms with Crippen molar-refractivity contribution in [2.75, 3.05) is 19.8 Å². The highest BCUT2D eigenvalue weighted by Gasteiger charge is 2.26. The number of imidazole rings is 1. The highest BCUT2D eigenvalue weighted by Crippen LogP contribution is 2.39. The lowest BCUT2D eigenvalue weighted by atomic mass is 10.1. The van der Waals surface area contributed by atoms with Crippen molar-refractivity contribution in [3.8, 4) is 5.75 Å². The molecule has 0 aliphatic carbocycles. The first-order valence-electron chi connectivity index (χ1n) is 11.2. The van der Waals surface area contributed by atoms with Gasteiger partial charge in [0.25, 0.3) is 11.5 Å². The first-order valence-corrected chi connectivity index (χ1v) is 12.0. The molecule has 1 unspecified atom stereocenters. The maximum absolute atomic E-state index is 13.3. The SMILES string of the molecule is Cn1c(=O)c2c(OCC3CCCO3)c(C(=O)NCCCn3ccnc3)sc2c2ccccc21. The van der Waals surface area contributed by atoms with Crippen LogP contribution in [0.2, 0.25) is 0 Å². The van der Waals surface area contributed by atoms with Crippen LogP contribution in [0, 0.1) is 0 Å². The Morgan fingerprint density at radius 3 is 3.03 bits per heavy atom. The molecule has 0 radical (unpaired) electrons. The molecule has 1 aliphatic rings. The van der Waals surface area contributed by atoms with E-state index >= 15 is 0 Å². The van der Waals surface area contributed by atoms with E-state index < -0.39 is 0 Å². The molecular weight excluding hydrogens is 440 g/mol. The number of thiophene rings is 1. The summed E-state index contributed by atoms with van der Waals surface area (Å²) in [5.41, 5.74) is 0.663. The lowest BCUT2D eigenvalue weighted by Crippen LogP contribution is -2.26. The fraction of sp³-hybridized carbons (Fsp3) is 0.375. The van der Waals surface area contributed by atoms with E-state index in [0.29, 0.717) is 29.2 Å². The average molecular weight is 467 g/mol. The van der Waals surface area contributed by atoms with Crippen molar-refractivity contribution >= 4 is 38.2 Å². The van der Waals surface area contributed by atoms with Gasteiger partial charge in [0.15, 0.2) is 5.75 Å². The Morgan fingerprint density at radius 1 is 1.36 bits per heavy atom. The molecule has 1 atom stereocenters. The highest BCUT2D eigenvalue weighted by molar-refractivity contribution is 7.22. The average Bonchev–Trinajstić information content (AvgIpc) is 3.60. The summed E-state index contributed by atoms with van der Waals surface area (Å²) in [6.45, 7) is 2.31. The topological polar surface area (TPSA) is 87.4 Å². The Bertz CT molecular complexity index is 1340. The zero-order valence-electron chi connectivity index (χ0n) is 18.5. The Kier molecular flexibility index (Phi) is 6.15. The Labute approximate surface area is 194 Å². The van der Waals surface area contributed by atoms with Crippen molar-refractivity contribution < 1.29 is 14.3 Å². The molecule has 1 aliphatic heterocycles. The van der Waals surface area contributed by atoms with Crippen molar-refractivity contribution in [1.29, 1.82) is 0 Å². The molecule has 1 aromatic carbocycles. The number of benzene rings is 1. The number of para-hydroxylation sites is 1. The predicted molar refractivity (Wildman–Crippen MR) is 128 cm³/mol. The lowest BCUT2D eigenvalue weighted by Gasteiger charge is -2.13. The largest absolute Gasteiger partial charge is 0.488 e. The molecule has 1 saturated heterocycles. The Morgan fingerprint density at radius 2 is 2.24 bits per heavy atom. The van der Waals surface area contributed by atoms with Crippen LogP contribution in [0.5, 0.6) is 5.75 Å². The molecule has 3 aromatic heterocycles. The van der Waals surface area contributed by atoms with E-state index in [9.17, 15) is 9.59 Å². The molecule has 172 valence electrons. The van der Waals surface area contributed by atoms with Gasteiger partial charge in [0, 0.05) is 44.5 Å². The van der Waals surface area contributed by atoms with Crippen molar-refractivity contribution in [1.82, 2.24) is 19.4 Å². The minimum atomic E-state index is -0.227. The molecule has 1 N–H and O–H groups in total. The molecule has 0 spiro atoms. The third kappa shape index (κ3) is 4.26. The third-order valence-corrected chi connectivity index (χ3v) is 7.18. The third-order valence-electron chi connectivity index (χ3n) is 5.97. The summed E-state index contributed by atoms with van der Waals surface area (Å²) in [6, 6.07) is 7.74. The van der Waals surface area contributed by atoms with Crippen LogP contribution in [0.4, 0.5) is 0 Å². The number of carbonyl (C=O) groups is 1. The van der Waals surface area contributed by atoms with E-state index in [-0.39, 0.29) is 17.6 Å². The zero-order chi connectivity index (χ0) is 22.8. The summed E-state index contributed by atoms with van der Waals surface area (Å²) < 4.78 is 16.2. The van der Waals surface area contributed by atoms with E-state index in [1.54, 1.807) is 24.1 Å². The number of nitrogens with one attached hydrogen (secondary N) is 1. The minimum Gasteiger partial charge on any atom is -0.488 e. The molecule has 1 fully saturated rings. The second-order valence-electron chi connectivity index (χ2n) is 8.20. The number of carbonyl (C=O) groups excluding carboxylic acids is 1. The summed E-state index contributed by atoms with van der Waals surface area (Å²) in [7, 11) is 1.75. The quantitative estimate of drug-likeness (QED) is 0.403. The highest BCUT2D eigenvalue weighted by atomic mass is 32.1. The van der Waals surface area contributed by atoms with Gasteiger partial charge in [-0.2, -0.15) is 0 Å². The van der Waals surface area contributed by atoms with E-state index in [2.05, 4.69) is 10.3 Å². The van der Waals surface area contributed by atoms with Gasteiger partial charge in [-0.15, -0.1) is 11.3 Å². The number of amides is 1. The standard InChI is InChI=1S/C24H26N4O4S/c1-27-18-8-3-2-7-17(18)21-19(24(27)30)20(32-14-16-6-4-13-31-16)22(33-21)23(29)26-9-5-11-28-12-10-25-15-28/h2-3,7-8,10,12,15-16H,4-6,9,11,13-14H2,1H3,(H,26,29). The molecule has 9 heteroatoms. The van der Waals surface area contributed by atoms with Crippen molar-refractivity contribution in [3.05, 3.63) is 58.2 Å². The molecular formula is C24H26N4O4S. The van der Waals surface area contributed by atoms with Gasteiger partial charge < -0.3 is 23.9 Å². The maximum Gasteiger partial charge on any atom is 0.265 e. The first-order chi connectivity index (χ1) is 16.1. The monoisotopic (exact) mass is 466 g/mol. The Hall–Kier alpha value is -3.17. The van der Waals surface area contributed by atoms with Gasteiger partial charge in [-0.1, -0.05) is 18.2 Å². The van der Waals surface area contributed by atoms with E-state index in [0.717, 1.165) is 48.0 Å². The molecule has 8 nitrogen and oxygen atoms in total. The Balaban J connectivity index is 1.48. The lowest BCUT2D eigenvalue weighted by molar-refractivity contribution is 0.0678. The number of hydrogen-bond acceptors (Lipinski definition) is 6. The summed E-state index contributed by atoms with van der Waals surface area (Å²) >= 11 is 1.32. The van der Waals surface area contributed by atoms with Crippen molar-refractivity contribution in [2.45, 2.75) is 31.9 Å². The molecule has 33 heavy (non-hydrogen) atoms. The molecule has 4 aromatic rings. The van der Waals surface area contributed by atoms with Gasteiger partial charge in [-0.05, 0) is 25.3 Å². The van der Waals surface area contributed by atoms with Gasteiger partial charge in [-0.25, -0.2) is 4.98 Å². The van der Waals surface area contributed by atoms with Crippen molar-refractivity contribution in [3.63, 3.8) is 0 Å². The van der Waals surface area contributed by atoms with Crippen LogP contribution in [-0.4, -0.2) is 45.9 Å². The number of rotatable bonds is 8. The van der Waals surface area contributed by atoms with Crippen LogP contribution in [0.15, 0.2) is 47.8 Å². The van der Waals surface area contributed by atoms with Crippen LogP contribution < -0.4 is 15.6 Å². The maximum atomic E-state index is 13.3. The second kappa shape index (κ2) is 9.36. The minimum absolute atomic E-state index is 0.0182. The van der Waals surface area contributed by atoms with Gasteiger partial charge in [0.1, 0.15) is 16.9 Å². The number of aryl methyl sites for hydroxylation is 2.